The number of esters is 1. The third-order valence-electron chi connectivity index (χ3n) is 2.91. The maximum absolute atomic E-state index is 13.9. The maximum atomic E-state index is 13.9. The van der Waals surface area contributed by atoms with Gasteiger partial charge in [0.25, 0.3) is 0 Å². The maximum Gasteiger partial charge on any atom is 0.314 e. The van der Waals surface area contributed by atoms with E-state index in [4.69, 9.17) is 15.2 Å². The third kappa shape index (κ3) is 4.20. The van der Waals surface area contributed by atoms with Crippen molar-refractivity contribution in [2.45, 2.75) is 33.2 Å². The van der Waals surface area contributed by atoms with Crippen LogP contribution in [0.3, 0.4) is 0 Å². The van der Waals surface area contributed by atoms with Crippen molar-refractivity contribution in [3.8, 4) is 5.75 Å². The summed E-state index contributed by atoms with van der Waals surface area (Å²) < 4.78 is 24.1. The monoisotopic (exact) mass is 283 g/mol. The molecule has 0 aliphatic heterocycles. The topological polar surface area (TPSA) is 61.5 Å². The first-order valence-electron chi connectivity index (χ1n) is 6.52. The lowest BCUT2D eigenvalue weighted by Crippen LogP contribution is -2.32. The molecule has 1 unspecified atom stereocenters. The van der Waals surface area contributed by atoms with E-state index in [1.165, 1.54) is 13.2 Å². The third-order valence-corrected chi connectivity index (χ3v) is 2.91. The lowest BCUT2D eigenvalue weighted by molar-refractivity contribution is -0.152. The van der Waals surface area contributed by atoms with Crippen LogP contribution in [0.5, 0.6) is 5.75 Å². The summed E-state index contributed by atoms with van der Waals surface area (Å²) in [6.45, 7) is 5.25. The molecule has 2 N–H and O–H groups in total. The molecule has 0 heterocycles. The van der Waals surface area contributed by atoms with Crippen LogP contribution in [0.15, 0.2) is 18.2 Å². The van der Waals surface area contributed by atoms with Gasteiger partial charge in [0.1, 0.15) is 6.61 Å². The number of para-hydroxylation sites is 1. The molecule has 0 saturated carbocycles. The molecule has 5 heteroatoms. The molecule has 0 radical (unpaired) electrons. The van der Waals surface area contributed by atoms with Gasteiger partial charge in [-0.15, -0.1) is 0 Å². The van der Waals surface area contributed by atoms with Crippen LogP contribution in [0.25, 0.3) is 0 Å². The molecule has 0 aromatic heterocycles. The van der Waals surface area contributed by atoms with Gasteiger partial charge in [0, 0.05) is 6.04 Å². The highest BCUT2D eigenvalue weighted by Crippen LogP contribution is 2.27. The lowest BCUT2D eigenvalue weighted by Gasteiger charge is -2.23. The molecular weight excluding hydrogens is 261 g/mol. The molecule has 0 fully saturated rings. The number of methoxy groups -OCH3 is 1. The first kappa shape index (κ1) is 16.4. The van der Waals surface area contributed by atoms with Crippen molar-refractivity contribution in [3.05, 3.63) is 29.6 Å². The number of hydrogen-bond acceptors (Lipinski definition) is 4. The largest absolute Gasteiger partial charge is 0.489 e. The Morgan fingerprint density at radius 1 is 1.45 bits per heavy atom. The number of hydrogen-bond donors (Lipinski definition) is 1. The fraction of sp³-hybridized carbons (Fsp3) is 0.533. The highest BCUT2D eigenvalue weighted by Gasteiger charge is 2.30. The molecule has 112 valence electrons. The van der Waals surface area contributed by atoms with Crippen LogP contribution in [-0.4, -0.2) is 25.7 Å². The summed E-state index contributed by atoms with van der Waals surface area (Å²) >= 11 is 0. The number of benzene rings is 1. The lowest BCUT2D eigenvalue weighted by atomic mass is 9.95. The van der Waals surface area contributed by atoms with Gasteiger partial charge < -0.3 is 15.2 Å². The van der Waals surface area contributed by atoms with E-state index in [-0.39, 0.29) is 18.4 Å². The van der Waals surface area contributed by atoms with Gasteiger partial charge in [-0.2, -0.15) is 0 Å². The minimum atomic E-state index is -0.845. The van der Waals surface area contributed by atoms with Crippen LogP contribution in [-0.2, 0) is 16.0 Å². The number of rotatable bonds is 6. The van der Waals surface area contributed by atoms with Crippen molar-refractivity contribution in [2.75, 3.05) is 13.7 Å². The number of nitrogens with two attached hydrogens (primary N) is 1. The van der Waals surface area contributed by atoms with Crippen LogP contribution in [0.1, 0.15) is 26.3 Å². The molecule has 0 aliphatic rings. The van der Waals surface area contributed by atoms with Crippen molar-refractivity contribution < 1.29 is 18.7 Å². The second-order valence-corrected chi connectivity index (χ2v) is 5.57. The van der Waals surface area contributed by atoms with Crippen LogP contribution < -0.4 is 10.5 Å². The second kappa shape index (κ2) is 6.70. The Balaban J connectivity index is 2.89. The van der Waals surface area contributed by atoms with Crippen molar-refractivity contribution >= 4 is 5.97 Å². The molecular formula is C15H22FNO3. The zero-order valence-electron chi connectivity index (χ0n) is 12.4. The predicted molar refractivity (Wildman–Crippen MR) is 75.0 cm³/mol. The molecule has 1 rings (SSSR count). The van der Waals surface area contributed by atoms with Gasteiger partial charge in [0.2, 0.25) is 0 Å². The van der Waals surface area contributed by atoms with Gasteiger partial charge in [0.15, 0.2) is 11.6 Å². The van der Waals surface area contributed by atoms with Crippen molar-refractivity contribution in [1.29, 1.82) is 0 Å². The summed E-state index contributed by atoms with van der Waals surface area (Å²) in [6, 6.07) is 4.61. The first-order valence-corrected chi connectivity index (χ1v) is 6.52. The molecule has 1 aromatic rings. The van der Waals surface area contributed by atoms with E-state index in [1.54, 1.807) is 26.0 Å². The summed E-state index contributed by atoms with van der Waals surface area (Å²) in [5.74, 6) is -0.701. The Morgan fingerprint density at radius 2 is 2.10 bits per heavy atom. The first-order chi connectivity index (χ1) is 9.27. The Bertz CT molecular complexity index is 472. The van der Waals surface area contributed by atoms with E-state index >= 15 is 0 Å². The summed E-state index contributed by atoms with van der Waals surface area (Å²) in [6.07, 6.45) is 0.506. The zero-order chi connectivity index (χ0) is 15.3. The van der Waals surface area contributed by atoms with E-state index in [0.29, 0.717) is 12.0 Å². The van der Waals surface area contributed by atoms with Gasteiger partial charge in [-0.3, -0.25) is 4.79 Å². The Labute approximate surface area is 119 Å². The van der Waals surface area contributed by atoms with Crippen LogP contribution in [0.4, 0.5) is 4.39 Å². The second-order valence-electron chi connectivity index (χ2n) is 5.57. The molecule has 1 atom stereocenters. The minimum Gasteiger partial charge on any atom is -0.489 e. The number of carbonyl (C=O) groups excluding carboxylic acids is 1. The van der Waals surface area contributed by atoms with Gasteiger partial charge in [-0.25, -0.2) is 4.39 Å². The summed E-state index contributed by atoms with van der Waals surface area (Å²) in [4.78, 5) is 11.6. The standard InChI is InChI=1S/C15H22FNO3/c1-10(17)8-11-6-5-7-12(16)13(11)20-9-15(2,3)14(18)19-4/h5-7,10H,8-9,17H2,1-4H3. The highest BCUT2D eigenvalue weighted by molar-refractivity contribution is 5.75. The minimum absolute atomic E-state index is 0.0343. The van der Waals surface area contributed by atoms with E-state index in [0.717, 1.165) is 0 Å². The Morgan fingerprint density at radius 3 is 2.65 bits per heavy atom. The normalized spacial score (nSPS) is 12.9. The number of carbonyl (C=O) groups is 1. The highest BCUT2D eigenvalue weighted by atomic mass is 19.1. The van der Waals surface area contributed by atoms with E-state index < -0.39 is 17.2 Å². The Kier molecular flexibility index (Phi) is 5.51. The van der Waals surface area contributed by atoms with E-state index in [1.807, 2.05) is 6.92 Å². The fourth-order valence-corrected chi connectivity index (χ4v) is 1.81. The van der Waals surface area contributed by atoms with E-state index in [2.05, 4.69) is 0 Å². The molecule has 0 bridgehead atoms. The summed E-state index contributed by atoms with van der Waals surface area (Å²) in [5, 5.41) is 0. The van der Waals surface area contributed by atoms with Crippen molar-refractivity contribution in [1.82, 2.24) is 0 Å². The molecule has 20 heavy (non-hydrogen) atoms. The van der Waals surface area contributed by atoms with Crippen LogP contribution in [0, 0.1) is 11.2 Å². The van der Waals surface area contributed by atoms with Crippen LogP contribution >= 0.6 is 0 Å². The molecule has 0 amide bonds. The van der Waals surface area contributed by atoms with E-state index in [9.17, 15) is 9.18 Å². The smallest absolute Gasteiger partial charge is 0.314 e. The van der Waals surface area contributed by atoms with Gasteiger partial charge in [-0.1, -0.05) is 12.1 Å². The average molecular weight is 283 g/mol. The Hall–Kier alpha value is -1.62. The quantitative estimate of drug-likeness (QED) is 0.814. The average Bonchev–Trinajstić information content (AvgIpc) is 2.36. The van der Waals surface area contributed by atoms with Crippen molar-refractivity contribution in [2.24, 2.45) is 11.1 Å². The van der Waals surface area contributed by atoms with Gasteiger partial charge >= 0.3 is 5.97 Å². The fourth-order valence-electron chi connectivity index (χ4n) is 1.81. The summed E-state index contributed by atoms with van der Waals surface area (Å²) in [5.41, 5.74) is 5.59. The SMILES string of the molecule is COC(=O)C(C)(C)COc1c(F)cccc1CC(C)N. The molecule has 0 saturated heterocycles. The number of ether oxygens (including phenoxy) is 2. The van der Waals surface area contributed by atoms with Crippen molar-refractivity contribution in [3.63, 3.8) is 0 Å². The number of halogens is 1. The summed E-state index contributed by atoms with van der Waals surface area (Å²) in [7, 11) is 1.31. The zero-order valence-corrected chi connectivity index (χ0v) is 12.4. The van der Waals surface area contributed by atoms with Crippen LogP contribution in [0.2, 0.25) is 0 Å². The predicted octanol–water partition coefficient (Wildman–Crippen LogP) is 2.29. The molecule has 0 spiro atoms. The molecule has 0 aliphatic carbocycles. The molecule has 1 aromatic carbocycles. The van der Waals surface area contributed by atoms with Gasteiger partial charge in [-0.05, 0) is 38.8 Å². The molecule has 4 nitrogen and oxygen atoms in total. The van der Waals surface area contributed by atoms with Gasteiger partial charge in [0.05, 0.1) is 12.5 Å².